The van der Waals surface area contributed by atoms with Crippen molar-refractivity contribution in [3.8, 4) is 11.5 Å². The highest BCUT2D eigenvalue weighted by Gasteiger charge is 2.24. The van der Waals surface area contributed by atoms with E-state index in [1.165, 1.54) is 5.56 Å². The average molecular weight is 425 g/mol. The summed E-state index contributed by atoms with van der Waals surface area (Å²) in [7, 11) is 0. The number of ether oxygens (including phenoxy) is 3. The van der Waals surface area contributed by atoms with Gasteiger partial charge in [-0.05, 0) is 24.6 Å². The van der Waals surface area contributed by atoms with Gasteiger partial charge in [-0.15, -0.1) is 0 Å². The number of aryl methyl sites for hydroxylation is 1. The van der Waals surface area contributed by atoms with E-state index in [0.717, 1.165) is 18.7 Å². The monoisotopic (exact) mass is 425 g/mol. The molecule has 31 heavy (non-hydrogen) atoms. The van der Waals surface area contributed by atoms with Crippen molar-refractivity contribution in [2.24, 2.45) is 0 Å². The van der Waals surface area contributed by atoms with Gasteiger partial charge in [-0.2, -0.15) is 0 Å². The average Bonchev–Trinajstić information content (AvgIpc) is 2.81. The Hall–Kier alpha value is -3.10. The Kier molecular flexibility index (Phi) is 6.69. The third-order valence-electron chi connectivity index (χ3n) is 5.41. The van der Waals surface area contributed by atoms with Crippen molar-refractivity contribution in [1.82, 2.24) is 10.2 Å². The van der Waals surface area contributed by atoms with Gasteiger partial charge in [0.2, 0.25) is 0 Å². The van der Waals surface area contributed by atoms with Gasteiger partial charge in [-0.1, -0.05) is 29.8 Å². The van der Waals surface area contributed by atoms with Crippen molar-refractivity contribution < 1.29 is 23.8 Å². The second-order valence-corrected chi connectivity index (χ2v) is 7.60. The first-order chi connectivity index (χ1) is 15.1. The van der Waals surface area contributed by atoms with E-state index in [1.807, 2.05) is 6.92 Å². The molecule has 2 aliphatic rings. The Labute approximate surface area is 181 Å². The fourth-order valence-corrected chi connectivity index (χ4v) is 3.71. The second-order valence-electron chi connectivity index (χ2n) is 7.60. The quantitative estimate of drug-likeness (QED) is 0.712. The van der Waals surface area contributed by atoms with Crippen molar-refractivity contribution in [3.05, 3.63) is 53.6 Å². The molecule has 2 amide bonds. The van der Waals surface area contributed by atoms with E-state index in [4.69, 9.17) is 14.2 Å². The molecule has 8 heteroatoms. The summed E-state index contributed by atoms with van der Waals surface area (Å²) in [4.78, 5) is 27.2. The number of carbonyl (C=O) groups excluding carboxylic acids is 2. The molecule has 2 aliphatic heterocycles. The van der Waals surface area contributed by atoms with E-state index in [9.17, 15) is 9.59 Å². The zero-order valence-electron chi connectivity index (χ0n) is 17.6. The number of fused-ring (bicyclic) bond motifs is 1. The van der Waals surface area contributed by atoms with Gasteiger partial charge in [0.1, 0.15) is 13.2 Å². The summed E-state index contributed by atoms with van der Waals surface area (Å²) < 4.78 is 16.5. The lowest BCUT2D eigenvalue weighted by Crippen LogP contribution is -2.45. The molecular formula is C23H27N3O5. The minimum Gasteiger partial charge on any atom is -0.486 e. The van der Waals surface area contributed by atoms with Gasteiger partial charge in [0.05, 0.1) is 19.3 Å². The summed E-state index contributed by atoms with van der Waals surface area (Å²) in [5.74, 6) is -0.224. The highest BCUT2D eigenvalue weighted by atomic mass is 16.6. The molecule has 4 rings (SSSR count). The molecule has 1 saturated heterocycles. The summed E-state index contributed by atoms with van der Waals surface area (Å²) in [6.07, 6.45) is 0. The van der Waals surface area contributed by atoms with E-state index in [1.54, 1.807) is 18.2 Å². The van der Waals surface area contributed by atoms with E-state index in [2.05, 4.69) is 39.8 Å². The molecule has 2 aromatic carbocycles. The lowest BCUT2D eigenvalue weighted by Gasteiger charge is -2.35. The Morgan fingerprint density at radius 1 is 0.935 bits per heavy atom. The Morgan fingerprint density at radius 3 is 2.39 bits per heavy atom. The van der Waals surface area contributed by atoms with Gasteiger partial charge >= 0.3 is 11.8 Å². The molecule has 164 valence electrons. The van der Waals surface area contributed by atoms with Crippen molar-refractivity contribution in [2.45, 2.75) is 13.0 Å². The molecule has 0 aromatic heterocycles. The molecule has 0 bridgehead atoms. The van der Waals surface area contributed by atoms with Gasteiger partial charge in [-0.25, -0.2) is 0 Å². The summed E-state index contributed by atoms with van der Waals surface area (Å²) in [5.41, 5.74) is 2.75. The van der Waals surface area contributed by atoms with Gasteiger partial charge in [-0.3, -0.25) is 14.5 Å². The molecule has 0 aliphatic carbocycles. The van der Waals surface area contributed by atoms with E-state index in [-0.39, 0.29) is 6.04 Å². The predicted molar refractivity (Wildman–Crippen MR) is 115 cm³/mol. The molecule has 2 aromatic rings. The Bertz CT molecular complexity index is 925. The van der Waals surface area contributed by atoms with Gasteiger partial charge in [0.15, 0.2) is 11.5 Å². The molecule has 2 heterocycles. The maximum absolute atomic E-state index is 12.5. The number of rotatable bonds is 5. The molecule has 0 unspecified atom stereocenters. The zero-order valence-corrected chi connectivity index (χ0v) is 17.6. The van der Waals surface area contributed by atoms with Crippen LogP contribution in [0.15, 0.2) is 42.5 Å². The summed E-state index contributed by atoms with van der Waals surface area (Å²) in [6.45, 7) is 6.17. The zero-order chi connectivity index (χ0) is 21.6. The number of amides is 2. The van der Waals surface area contributed by atoms with Crippen LogP contribution in [-0.4, -0.2) is 62.8 Å². The number of hydrogen-bond acceptors (Lipinski definition) is 6. The van der Waals surface area contributed by atoms with Crippen LogP contribution in [0.1, 0.15) is 17.2 Å². The number of morpholine rings is 1. The number of hydrogen-bond donors (Lipinski definition) is 2. The molecule has 2 N–H and O–H groups in total. The van der Waals surface area contributed by atoms with Crippen molar-refractivity contribution in [3.63, 3.8) is 0 Å². The minimum atomic E-state index is -0.721. The molecule has 0 radical (unpaired) electrons. The lowest BCUT2D eigenvalue weighted by molar-refractivity contribution is -0.136. The predicted octanol–water partition coefficient (Wildman–Crippen LogP) is 1.89. The van der Waals surface area contributed by atoms with Crippen molar-refractivity contribution >= 4 is 17.5 Å². The maximum atomic E-state index is 12.5. The molecule has 0 saturated carbocycles. The molecule has 1 fully saturated rings. The third-order valence-corrected chi connectivity index (χ3v) is 5.41. The normalized spacial score (nSPS) is 16.9. The fraction of sp³-hybridized carbons (Fsp3) is 0.391. The highest BCUT2D eigenvalue weighted by molar-refractivity contribution is 6.39. The van der Waals surface area contributed by atoms with Crippen LogP contribution in [0, 0.1) is 6.92 Å². The van der Waals surface area contributed by atoms with Crippen LogP contribution in [-0.2, 0) is 14.3 Å². The van der Waals surface area contributed by atoms with Crippen LogP contribution in [0.25, 0.3) is 0 Å². The topological polar surface area (TPSA) is 89.1 Å². The van der Waals surface area contributed by atoms with Crippen LogP contribution >= 0.6 is 0 Å². The summed E-state index contributed by atoms with van der Waals surface area (Å²) in [6, 6.07) is 13.3. The van der Waals surface area contributed by atoms with Crippen LogP contribution in [0.4, 0.5) is 5.69 Å². The molecule has 1 atom stereocenters. The molecular weight excluding hydrogens is 398 g/mol. The van der Waals surface area contributed by atoms with Crippen LogP contribution < -0.4 is 20.1 Å². The highest BCUT2D eigenvalue weighted by Crippen LogP contribution is 2.32. The third kappa shape index (κ3) is 5.34. The smallest absolute Gasteiger partial charge is 0.313 e. The van der Waals surface area contributed by atoms with Crippen molar-refractivity contribution in [2.75, 3.05) is 51.4 Å². The Balaban J connectivity index is 1.38. The first kappa shape index (κ1) is 21.1. The number of carbonyl (C=O) groups is 2. The van der Waals surface area contributed by atoms with Crippen LogP contribution in [0.2, 0.25) is 0 Å². The summed E-state index contributed by atoms with van der Waals surface area (Å²) >= 11 is 0. The number of benzene rings is 2. The largest absolute Gasteiger partial charge is 0.486 e. The summed E-state index contributed by atoms with van der Waals surface area (Å²) in [5, 5.41) is 5.41. The molecule has 0 spiro atoms. The van der Waals surface area contributed by atoms with E-state index in [0.29, 0.717) is 50.2 Å². The van der Waals surface area contributed by atoms with Gasteiger partial charge in [0.25, 0.3) is 0 Å². The van der Waals surface area contributed by atoms with E-state index >= 15 is 0 Å². The molecule has 8 nitrogen and oxygen atoms in total. The lowest BCUT2D eigenvalue weighted by atomic mass is 10.0. The Morgan fingerprint density at radius 2 is 1.65 bits per heavy atom. The number of anilines is 1. The van der Waals surface area contributed by atoms with Crippen LogP contribution in [0.3, 0.4) is 0 Å². The first-order valence-electron chi connectivity index (χ1n) is 10.5. The van der Waals surface area contributed by atoms with Gasteiger partial charge in [0, 0.05) is 31.4 Å². The first-order valence-corrected chi connectivity index (χ1v) is 10.5. The van der Waals surface area contributed by atoms with Crippen LogP contribution in [0.5, 0.6) is 11.5 Å². The maximum Gasteiger partial charge on any atom is 0.313 e. The standard InChI is InChI=1S/C23H27N3O5/c1-16-2-4-17(5-3-16)19(26-8-10-29-11-9-26)15-24-22(27)23(28)25-18-6-7-20-21(14-18)31-13-12-30-20/h2-7,14,19H,8-13,15H2,1H3,(H,24,27)(H,25,28)/t19-/m1/s1. The fourth-order valence-electron chi connectivity index (χ4n) is 3.71. The SMILES string of the molecule is Cc1ccc([C@@H](CNC(=O)C(=O)Nc2ccc3c(c2)OCCO3)N2CCOCC2)cc1. The minimum absolute atomic E-state index is 0.0319. The second kappa shape index (κ2) is 9.80. The van der Waals surface area contributed by atoms with Crippen molar-refractivity contribution in [1.29, 1.82) is 0 Å². The van der Waals surface area contributed by atoms with Gasteiger partial charge < -0.3 is 24.8 Å². The number of nitrogens with zero attached hydrogens (tertiary/aromatic N) is 1. The van der Waals surface area contributed by atoms with E-state index < -0.39 is 11.8 Å². The number of nitrogens with one attached hydrogen (secondary N) is 2.